The number of hydrogen-bond acceptors (Lipinski definition) is 3. The van der Waals surface area contributed by atoms with Crippen molar-refractivity contribution < 1.29 is 0 Å². The van der Waals surface area contributed by atoms with E-state index in [4.69, 9.17) is 11.0 Å². The monoisotopic (exact) mass is 295 g/mol. The standard InChI is InChI=1S/C13H18BrN3/c1-9(7-15)8-17(3)11-4-5-12(10(2)16)13(14)6-11/h4-6,9-10H,8,16H2,1-3H3/t9?,10-/m1/s1. The van der Waals surface area contributed by atoms with Crippen LogP contribution in [0.5, 0.6) is 0 Å². The number of halogens is 1. The van der Waals surface area contributed by atoms with E-state index in [1.165, 1.54) is 0 Å². The molecule has 0 aromatic heterocycles. The third-order valence-corrected chi connectivity index (χ3v) is 3.37. The smallest absolute Gasteiger partial charge is 0.0671 e. The van der Waals surface area contributed by atoms with E-state index in [2.05, 4.69) is 26.9 Å². The summed E-state index contributed by atoms with van der Waals surface area (Å²) in [6.45, 7) is 4.60. The molecule has 0 aliphatic rings. The second kappa shape index (κ2) is 6.04. The molecule has 1 unspecified atom stereocenters. The van der Waals surface area contributed by atoms with Crippen molar-refractivity contribution in [2.45, 2.75) is 19.9 Å². The highest BCUT2D eigenvalue weighted by molar-refractivity contribution is 9.10. The molecular formula is C13H18BrN3. The molecule has 0 bridgehead atoms. The van der Waals surface area contributed by atoms with E-state index in [-0.39, 0.29) is 12.0 Å². The Balaban J connectivity index is 2.87. The van der Waals surface area contributed by atoms with Gasteiger partial charge in [0, 0.05) is 29.8 Å². The Hall–Kier alpha value is -1.05. The fourth-order valence-electron chi connectivity index (χ4n) is 1.68. The number of nitriles is 1. The molecule has 1 rings (SSSR count). The SMILES string of the molecule is CC(C#N)CN(C)c1ccc([C@@H](C)N)c(Br)c1. The summed E-state index contributed by atoms with van der Waals surface area (Å²) >= 11 is 3.53. The summed E-state index contributed by atoms with van der Waals surface area (Å²) in [7, 11) is 1.99. The first kappa shape index (κ1) is 14.0. The second-order valence-corrected chi connectivity index (χ2v) is 5.26. The Bertz CT molecular complexity index is 423. The van der Waals surface area contributed by atoms with Gasteiger partial charge in [-0.25, -0.2) is 0 Å². The van der Waals surface area contributed by atoms with Crippen LogP contribution in [0.15, 0.2) is 22.7 Å². The van der Waals surface area contributed by atoms with Gasteiger partial charge in [0.1, 0.15) is 0 Å². The molecule has 0 heterocycles. The van der Waals surface area contributed by atoms with E-state index in [9.17, 15) is 0 Å². The van der Waals surface area contributed by atoms with Crippen molar-refractivity contribution in [3.63, 3.8) is 0 Å². The van der Waals surface area contributed by atoms with Crippen molar-refractivity contribution in [1.29, 1.82) is 5.26 Å². The normalized spacial score (nSPS) is 13.9. The van der Waals surface area contributed by atoms with E-state index < -0.39 is 0 Å². The number of rotatable bonds is 4. The van der Waals surface area contributed by atoms with Gasteiger partial charge < -0.3 is 10.6 Å². The molecular weight excluding hydrogens is 278 g/mol. The van der Waals surface area contributed by atoms with E-state index in [1.807, 2.05) is 39.1 Å². The molecule has 3 nitrogen and oxygen atoms in total. The minimum Gasteiger partial charge on any atom is -0.373 e. The molecule has 2 atom stereocenters. The van der Waals surface area contributed by atoms with Crippen LogP contribution in [0.1, 0.15) is 25.5 Å². The summed E-state index contributed by atoms with van der Waals surface area (Å²) in [4.78, 5) is 2.07. The van der Waals surface area contributed by atoms with Crippen molar-refractivity contribution in [3.8, 4) is 6.07 Å². The molecule has 92 valence electrons. The van der Waals surface area contributed by atoms with Gasteiger partial charge in [-0.3, -0.25) is 0 Å². The van der Waals surface area contributed by atoms with Crippen molar-refractivity contribution >= 4 is 21.6 Å². The molecule has 2 N–H and O–H groups in total. The van der Waals surface area contributed by atoms with Crippen LogP contribution in [0.4, 0.5) is 5.69 Å². The molecule has 4 heteroatoms. The molecule has 17 heavy (non-hydrogen) atoms. The molecule has 1 aromatic rings. The lowest BCUT2D eigenvalue weighted by atomic mass is 10.1. The van der Waals surface area contributed by atoms with Crippen LogP contribution < -0.4 is 10.6 Å². The first-order valence-electron chi connectivity index (χ1n) is 5.61. The first-order chi connectivity index (χ1) is 7.95. The number of nitrogens with two attached hydrogens (primary N) is 1. The zero-order valence-electron chi connectivity index (χ0n) is 10.4. The molecule has 0 saturated carbocycles. The van der Waals surface area contributed by atoms with Crippen LogP contribution in [0.25, 0.3) is 0 Å². The third-order valence-electron chi connectivity index (χ3n) is 2.68. The first-order valence-corrected chi connectivity index (χ1v) is 6.40. The largest absolute Gasteiger partial charge is 0.373 e. The lowest BCUT2D eigenvalue weighted by Gasteiger charge is -2.21. The van der Waals surface area contributed by atoms with E-state index in [0.717, 1.165) is 22.3 Å². The fraction of sp³-hybridized carbons (Fsp3) is 0.462. The molecule has 0 radical (unpaired) electrons. The number of anilines is 1. The summed E-state index contributed by atoms with van der Waals surface area (Å²) in [5, 5.41) is 8.80. The Morgan fingerprint density at radius 2 is 2.12 bits per heavy atom. The quantitative estimate of drug-likeness (QED) is 0.929. The Labute approximate surface area is 111 Å². The van der Waals surface area contributed by atoms with Gasteiger partial charge in [-0.1, -0.05) is 22.0 Å². The maximum atomic E-state index is 8.80. The summed E-state index contributed by atoms with van der Waals surface area (Å²) < 4.78 is 1.02. The van der Waals surface area contributed by atoms with Gasteiger partial charge in [0.05, 0.1) is 12.0 Å². The number of benzene rings is 1. The molecule has 1 aromatic carbocycles. The van der Waals surface area contributed by atoms with Crippen LogP contribution >= 0.6 is 15.9 Å². The van der Waals surface area contributed by atoms with E-state index in [0.29, 0.717) is 0 Å². The summed E-state index contributed by atoms with van der Waals surface area (Å²) in [5.41, 5.74) is 8.04. The van der Waals surface area contributed by atoms with Crippen LogP contribution in [0, 0.1) is 17.2 Å². The van der Waals surface area contributed by atoms with Crippen molar-refractivity contribution in [3.05, 3.63) is 28.2 Å². The second-order valence-electron chi connectivity index (χ2n) is 4.41. The van der Waals surface area contributed by atoms with Crippen LogP contribution in [0.3, 0.4) is 0 Å². The number of hydrogen-bond donors (Lipinski definition) is 1. The van der Waals surface area contributed by atoms with E-state index >= 15 is 0 Å². The Morgan fingerprint density at radius 3 is 2.59 bits per heavy atom. The lowest BCUT2D eigenvalue weighted by molar-refractivity contribution is 0.715. The van der Waals surface area contributed by atoms with Gasteiger partial charge in [-0.2, -0.15) is 5.26 Å². The highest BCUT2D eigenvalue weighted by Gasteiger charge is 2.10. The van der Waals surface area contributed by atoms with Crippen molar-refractivity contribution in [2.75, 3.05) is 18.5 Å². The highest BCUT2D eigenvalue weighted by atomic mass is 79.9. The van der Waals surface area contributed by atoms with Crippen LogP contribution in [-0.2, 0) is 0 Å². The molecule has 0 amide bonds. The highest BCUT2D eigenvalue weighted by Crippen LogP contribution is 2.27. The third kappa shape index (κ3) is 3.72. The van der Waals surface area contributed by atoms with Gasteiger partial charge >= 0.3 is 0 Å². The maximum absolute atomic E-state index is 8.80. The van der Waals surface area contributed by atoms with Gasteiger partial charge in [-0.15, -0.1) is 0 Å². The van der Waals surface area contributed by atoms with Crippen molar-refractivity contribution in [2.24, 2.45) is 11.7 Å². The predicted molar refractivity (Wildman–Crippen MR) is 74.8 cm³/mol. The number of nitrogens with zero attached hydrogens (tertiary/aromatic N) is 2. The zero-order valence-corrected chi connectivity index (χ0v) is 12.0. The van der Waals surface area contributed by atoms with Gasteiger partial charge in [0.15, 0.2) is 0 Å². The topological polar surface area (TPSA) is 53.0 Å². The van der Waals surface area contributed by atoms with Crippen LogP contribution in [0.2, 0.25) is 0 Å². The average molecular weight is 296 g/mol. The maximum Gasteiger partial charge on any atom is 0.0671 e. The molecule has 0 fully saturated rings. The van der Waals surface area contributed by atoms with Gasteiger partial charge in [-0.05, 0) is 31.5 Å². The van der Waals surface area contributed by atoms with Crippen molar-refractivity contribution in [1.82, 2.24) is 0 Å². The zero-order chi connectivity index (χ0) is 13.0. The molecule has 0 spiro atoms. The molecule has 0 aliphatic carbocycles. The average Bonchev–Trinajstić information content (AvgIpc) is 2.28. The lowest BCUT2D eigenvalue weighted by Crippen LogP contribution is -2.23. The minimum atomic E-state index is 0.0155. The van der Waals surface area contributed by atoms with Gasteiger partial charge in [0.25, 0.3) is 0 Å². The summed E-state index contributed by atoms with van der Waals surface area (Å²) in [5.74, 6) is 0.0203. The molecule has 0 aliphatic heterocycles. The molecule has 0 saturated heterocycles. The van der Waals surface area contributed by atoms with Crippen LogP contribution in [-0.4, -0.2) is 13.6 Å². The predicted octanol–water partition coefficient (Wildman–Crippen LogP) is 3.06. The van der Waals surface area contributed by atoms with E-state index in [1.54, 1.807) is 0 Å². The van der Waals surface area contributed by atoms with Gasteiger partial charge in [0.2, 0.25) is 0 Å². The Morgan fingerprint density at radius 1 is 1.47 bits per heavy atom. The minimum absolute atomic E-state index is 0.0155. The summed E-state index contributed by atoms with van der Waals surface area (Å²) in [6, 6.07) is 8.36. The fourth-order valence-corrected chi connectivity index (χ4v) is 2.41. The summed E-state index contributed by atoms with van der Waals surface area (Å²) in [6.07, 6.45) is 0. The Kier molecular flexibility index (Phi) is 4.98.